The summed E-state index contributed by atoms with van der Waals surface area (Å²) < 4.78 is 45.9. The number of halogens is 3. The third kappa shape index (κ3) is 2.51. The number of benzene rings is 2. The first-order chi connectivity index (χ1) is 10.1. The molecule has 3 aromatic rings. The Labute approximate surface area is 118 Å². The van der Waals surface area contributed by atoms with E-state index in [9.17, 15) is 13.2 Å². The second kappa shape index (κ2) is 5.23. The summed E-state index contributed by atoms with van der Waals surface area (Å²) in [6, 6.07) is 7.72. The van der Waals surface area contributed by atoms with Gasteiger partial charge in [0.1, 0.15) is 34.8 Å². The second-order valence-electron chi connectivity index (χ2n) is 4.60. The van der Waals surface area contributed by atoms with E-state index in [-0.39, 0.29) is 11.3 Å². The highest BCUT2D eigenvalue weighted by atomic mass is 19.1. The van der Waals surface area contributed by atoms with Gasteiger partial charge in [0.2, 0.25) is 0 Å². The summed E-state index contributed by atoms with van der Waals surface area (Å²) in [5, 5.41) is 0.516. The van der Waals surface area contributed by atoms with Crippen LogP contribution in [0.5, 0.6) is 0 Å². The molecule has 0 aliphatic carbocycles. The minimum Gasteiger partial charge on any atom is -0.459 e. The van der Waals surface area contributed by atoms with Gasteiger partial charge in [-0.15, -0.1) is 0 Å². The number of hydrogen-bond acceptors (Lipinski definition) is 3. The van der Waals surface area contributed by atoms with Crippen LogP contribution in [0, 0.1) is 17.5 Å². The number of nitrogens with one attached hydrogen (secondary N) is 1. The Bertz CT molecular complexity index is 801. The SMILES string of the molecule is NNC(c1cc2cc(F)ccc2o1)c1cc(F)ccc1F. The van der Waals surface area contributed by atoms with Gasteiger partial charge in [-0.3, -0.25) is 5.84 Å². The number of rotatable bonds is 3. The molecule has 1 atom stereocenters. The molecule has 108 valence electrons. The van der Waals surface area contributed by atoms with Crippen LogP contribution in [0.4, 0.5) is 13.2 Å². The highest BCUT2D eigenvalue weighted by Gasteiger charge is 2.21. The largest absolute Gasteiger partial charge is 0.459 e. The lowest BCUT2D eigenvalue weighted by atomic mass is 10.0. The lowest BCUT2D eigenvalue weighted by Crippen LogP contribution is -2.29. The molecule has 6 heteroatoms. The van der Waals surface area contributed by atoms with Crippen molar-refractivity contribution in [3.8, 4) is 0 Å². The van der Waals surface area contributed by atoms with E-state index in [4.69, 9.17) is 10.3 Å². The fourth-order valence-corrected chi connectivity index (χ4v) is 2.24. The maximum Gasteiger partial charge on any atom is 0.134 e. The molecule has 0 radical (unpaired) electrons. The predicted molar refractivity (Wildman–Crippen MR) is 71.7 cm³/mol. The maximum atomic E-state index is 13.8. The zero-order valence-electron chi connectivity index (χ0n) is 10.7. The van der Waals surface area contributed by atoms with Gasteiger partial charge in [-0.2, -0.15) is 0 Å². The summed E-state index contributed by atoms with van der Waals surface area (Å²) in [6.07, 6.45) is 0. The highest BCUT2D eigenvalue weighted by Crippen LogP contribution is 2.29. The summed E-state index contributed by atoms with van der Waals surface area (Å²) in [6.45, 7) is 0. The number of furan rings is 1. The standard InChI is InChI=1S/C15H11F3N2O/c16-9-2-4-13-8(5-9)6-14(21-13)15(20-19)11-7-10(17)1-3-12(11)18/h1-7,15,20H,19H2. The van der Waals surface area contributed by atoms with Crippen molar-refractivity contribution in [2.45, 2.75) is 6.04 Å². The molecule has 0 saturated carbocycles. The van der Waals surface area contributed by atoms with Crippen LogP contribution in [0.15, 0.2) is 46.9 Å². The van der Waals surface area contributed by atoms with Crippen LogP contribution in [0.2, 0.25) is 0 Å². The summed E-state index contributed by atoms with van der Waals surface area (Å²) in [4.78, 5) is 0. The minimum absolute atomic E-state index is 0.0111. The monoisotopic (exact) mass is 292 g/mol. The first-order valence-corrected chi connectivity index (χ1v) is 6.18. The average Bonchev–Trinajstić information content (AvgIpc) is 2.86. The molecule has 3 rings (SSSR count). The lowest BCUT2D eigenvalue weighted by Gasteiger charge is -2.14. The van der Waals surface area contributed by atoms with Gasteiger partial charge in [-0.05, 0) is 42.5 Å². The van der Waals surface area contributed by atoms with Crippen molar-refractivity contribution >= 4 is 11.0 Å². The molecule has 0 bridgehead atoms. The first kappa shape index (κ1) is 13.7. The van der Waals surface area contributed by atoms with E-state index >= 15 is 0 Å². The topological polar surface area (TPSA) is 51.2 Å². The molecular weight excluding hydrogens is 281 g/mol. The number of hydrazine groups is 1. The van der Waals surface area contributed by atoms with Crippen LogP contribution < -0.4 is 11.3 Å². The molecule has 21 heavy (non-hydrogen) atoms. The van der Waals surface area contributed by atoms with Crippen LogP contribution >= 0.6 is 0 Å². The smallest absolute Gasteiger partial charge is 0.134 e. The normalized spacial score (nSPS) is 12.8. The third-order valence-electron chi connectivity index (χ3n) is 3.22. The lowest BCUT2D eigenvalue weighted by molar-refractivity contribution is 0.459. The third-order valence-corrected chi connectivity index (χ3v) is 3.22. The molecule has 0 saturated heterocycles. The molecule has 0 aliphatic heterocycles. The summed E-state index contributed by atoms with van der Waals surface area (Å²) >= 11 is 0. The molecule has 0 spiro atoms. The Balaban J connectivity index is 2.11. The van der Waals surface area contributed by atoms with Crippen molar-refractivity contribution in [3.05, 3.63) is 71.2 Å². The van der Waals surface area contributed by atoms with Crippen molar-refractivity contribution < 1.29 is 17.6 Å². The fraction of sp³-hybridized carbons (Fsp3) is 0.0667. The van der Waals surface area contributed by atoms with E-state index in [1.54, 1.807) is 0 Å². The summed E-state index contributed by atoms with van der Waals surface area (Å²) in [5.74, 6) is 4.08. The molecule has 3 nitrogen and oxygen atoms in total. The summed E-state index contributed by atoms with van der Waals surface area (Å²) in [7, 11) is 0. The Hall–Kier alpha value is -2.31. The van der Waals surface area contributed by atoms with Crippen LogP contribution in [-0.2, 0) is 0 Å². The van der Waals surface area contributed by atoms with Gasteiger partial charge >= 0.3 is 0 Å². The molecule has 1 unspecified atom stereocenters. The highest BCUT2D eigenvalue weighted by molar-refractivity contribution is 5.78. The first-order valence-electron chi connectivity index (χ1n) is 6.18. The Morgan fingerprint density at radius 2 is 1.67 bits per heavy atom. The molecule has 0 fully saturated rings. The van der Waals surface area contributed by atoms with Crippen LogP contribution in [0.3, 0.4) is 0 Å². The van der Waals surface area contributed by atoms with Crippen molar-refractivity contribution in [2.24, 2.45) is 5.84 Å². The van der Waals surface area contributed by atoms with Crippen molar-refractivity contribution in [2.75, 3.05) is 0 Å². The van der Waals surface area contributed by atoms with Gasteiger partial charge < -0.3 is 4.42 Å². The van der Waals surface area contributed by atoms with E-state index in [1.807, 2.05) is 0 Å². The van der Waals surface area contributed by atoms with Crippen molar-refractivity contribution in [1.82, 2.24) is 5.43 Å². The Kier molecular flexibility index (Phi) is 3.40. The van der Waals surface area contributed by atoms with Gasteiger partial charge in [-0.25, -0.2) is 18.6 Å². The van der Waals surface area contributed by atoms with Gasteiger partial charge in [-0.1, -0.05) is 0 Å². The molecule has 1 aromatic heterocycles. The molecule has 0 aliphatic rings. The predicted octanol–water partition coefficient (Wildman–Crippen LogP) is 3.40. The van der Waals surface area contributed by atoms with Crippen molar-refractivity contribution in [1.29, 1.82) is 0 Å². The molecule has 0 amide bonds. The van der Waals surface area contributed by atoms with Crippen LogP contribution in [0.1, 0.15) is 17.4 Å². The quantitative estimate of drug-likeness (QED) is 0.574. The Morgan fingerprint density at radius 3 is 2.43 bits per heavy atom. The second-order valence-corrected chi connectivity index (χ2v) is 4.60. The van der Waals surface area contributed by atoms with E-state index in [0.29, 0.717) is 11.0 Å². The minimum atomic E-state index is -0.879. The van der Waals surface area contributed by atoms with E-state index in [2.05, 4.69) is 5.43 Å². The number of hydrogen-bond donors (Lipinski definition) is 2. The van der Waals surface area contributed by atoms with Gasteiger partial charge in [0.25, 0.3) is 0 Å². The van der Waals surface area contributed by atoms with Crippen LogP contribution in [-0.4, -0.2) is 0 Å². The fourth-order valence-electron chi connectivity index (χ4n) is 2.24. The van der Waals surface area contributed by atoms with Crippen molar-refractivity contribution in [3.63, 3.8) is 0 Å². The van der Waals surface area contributed by atoms with E-state index in [0.717, 1.165) is 18.2 Å². The van der Waals surface area contributed by atoms with Gasteiger partial charge in [0, 0.05) is 10.9 Å². The van der Waals surface area contributed by atoms with Gasteiger partial charge in [0.05, 0.1) is 0 Å². The average molecular weight is 292 g/mol. The molecule has 1 heterocycles. The van der Waals surface area contributed by atoms with E-state index < -0.39 is 23.5 Å². The zero-order valence-corrected chi connectivity index (χ0v) is 10.7. The molecule has 2 aromatic carbocycles. The Morgan fingerprint density at radius 1 is 0.952 bits per heavy atom. The number of nitrogens with two attached hydrogens (primary N) is 1. The summed E-state index contributed by atoms with van der Waals surface area (Å²) in [5.41, 5.74) is 2.83. The number of fused-ring (bicyclic) bond motifs is 1. The van der Waals surface area contributed by atoms with Gasteiger partial charge in [0.15, 0.2) is 0 Å². The van der Waals surface area contributed by atoms with Crippen LogP contribution in [0.25, 0.3) is 11.0 Å². The maximum absolute atomic E-state index is 13.8. The molecule has 3 N–H and O–H groups in total. The zero-order chi connectivity index (χ0) is 15.0. The molecular formula is C15H11F3N2O. The van der Waals surface area contributed by atoms with E-state index in [1.165, 1.54) is 24.3 Å².